The van der Waals surface area contributed by atoms with Gasteiger partial charge in [0, 0.05) is 25.0 Å². The highest BCUT2D eigenvalue weighted by Gasteiger charge is 2.54. The third kappa shape index (κ3) is 6.40. The lowest BCUT2D eigenvalue weighted by Gasteiger charge is -2.41. The predicted molar refractivity (Wildman–Crippen MR) is 124 cm³/mol. The Labute approximate surface area is 204 Å². The van der Waals surface area contributed by atoms with Crippen LogP contribution in [-0.4, -0.2) is 72.5 Å². The number of aliphatic hydroxyl groups excluding tert-OH is 2. The summed E-state index contributed by atoms with van der Waals surface area (Å²) in [6.07, 6.45) is -1.64. The van der Waals surface area contributed by atoms with Crippen LogP contribution in [0.4, 0.5) is 0 Å². The van der Waals surface area contributed by atoms with Gasteiger partial charge in [-0.2, -0.15) is 0 Å². The van der Waals surface area contributed by atoms with Gasteiger partial charge >= 0.3 is 17.9 Å². The standard InChI is InChI=1S/C25H24O11/c26-16-6-1-14(2-7-16)4-10-22(31)36-25(24(33)34)12-19(29)23(32)20(13-25)35-21(30)9-5-15-3-8-17(27)18(28)11-15/h1-11,19-20,23,26-29,32H,12-13H2,(H,33,34)/b9-5+,10-4+/t19-,20-,23-,25+/m1/s1. The number of carboxylic acid groups (broad SMARTS) is 1. The first-order valence-electron chi connectivity index (χ1n) is 10.7. The number of hydrogen-bond donors (Lipinski definition) is 6. The summed E-state index contributed by atoms with van der Waals surface area (Å²) >= 11 is 0. The second-order valence-electron chi connectivity index (χ2n) is 8.17. The zero-order valence-electron chi connectivity index (χ0n) is 18.7. The molecule has 11 nitrogen and oxygen atoms in total. The van der Waals surface area contributed by atoms with Crippen LogP contribution < -0.4 is 0 Å². The first kappa shape index (κ1) is 26.3. The van der Waals surface area contributed by atoms with Gasteiger partial charge in [-0.3, -0.25) is 0 Å². The van der Waals surface area contributed by atoms with Crippen molar-refractivity contribution >= 4 is 30.1 Å². The fraction of sp³-hybridized carbons (Fsp3) is 0.240. The lowest BCUT2D eigenvalue weighted by atomic mass is 9.79. The highest BCUT2D eigenvalue weighted by atomic mass is 16.6. The Hall–Kier alpha value is -4.35. The average molecular weight is 500 g/mol. The van der Waals surface area contributed by atoms with Crippen molar-refractivity contribution in [1.82, 2.24) is 0 Å². The summed E-state index contributed by atoms with van der Waals surface area (Å²) in [6.45, 7) is 0. The van der Waals surface area contributed by atoms with Crippen molar-refractivity contribution in [2.75, 3.05) is 0 Å². The summed E-state index contributed by atoms with van der Waals surface area (Å²) in [5, 5.41) is 58.5. The maximum atomic E-state index is 12.4. The minimum Gasteiger partial charge on any atom is -0.508 e. The normalized spacial score (nSPS) is 24.0. The van der Waals surface area contributed by atoms with Crippen LogP contribution in [0.2, 0.25) is 0 Å². The van der Waals surface area contributed by atoms with Crippen molar-refractivity contribution < 1.29 is 54.5 Å². The number of hydrogen-bond acceptors (Lipinski definition) is 10. The van der Waals surface area contributed by atoms with Crippen molar-refractivity contribution in [3.63, 3.8) is 0 Å². The van der Waals surface area contributed by atoms with E-state index in [9.17, 15) is 45.0 Å². The van der Waals surface area contributed by atoms with Gasteiger partial charge in [-0.25, -0.2) is 14.4 Å². The number of aromatic hydroxyl groups is 3. The molecule has 1 aliphatic rings. The minimum absolute atomic E-state index is 0.0194. The van der Waals surface area contributed by atoms with Gasteiger partial charge in [-0.05, 0) is 47.5 Å². The molecule has 0 amide bonds. The summed E-state index contributed by atoms with van der Waals surface area (Å²) < 4.78 is 10.3. The summed E-state index contributed by atoms with van der Waals surface area (Å²) in [5.41, 5.74) is -1.43. The number of carboxylic acids is 1. The summed E-state index contributed by atoms with van der Waals surface area (Å²) in [4.78, 5) is 36.7. The van der Waals surface area contributed by atoms with Crippen molar-refractivity contribution in [1.29, 1.82) is 0 Å². The smallest absolute Gasteiger partial charge is 0.348 e. The zero-order chi connectivity index (χ0) is 26.5. The van der Waals surface area contributed by atoms with Gasteiger partial charge in [0.15, 0.2) is 11.5 Å². The van der Waals surface area contributed by atoms with E-state index < -0.39 is 60.4 Å². The first-order valence-corrected chi connectivity index (χ1v) is 10.7. The Morgan fingerprint density at radius 2 is 1.44 bits per heavy atom. The van der Waals surface area contributed by atoms with Crippen LogP contribution in [0.1, 0.15) is 24.0 Å². The first-order chi connectivity index (χ1) is 17.0. The van der Waals surface area contributed by atoms with Crippen molar-refractivity contribution in [3.05, 3.63) is 65.7 Å². The Balaban J connectivity index is 1.72. The van der Waals surface area contributed by atoms with Gasteiger partial charge in [0.1, 0.15) is 18.0 Å². The molecule has 4 atom stereocenters. The van der Waals surface area contributed by atoms with Crippen LogP contribution in [0.15, 0.2) is 54.6 Å². The van der Waals surface area contributed by atoms with Crippen LogP contribution >= 0.6 is 0 Å². The van der Waals surface area contributed by atoms with Gasteiger partial charge in [0.2, 0.25) is 5.60 Å². The molecule has 36 heavy (non-hydrogen) atoms. The molecule has 0 unspecified atom stereocenters. The van der Waals surface area contributed by atoms with Crippen LogP contribution in [0.3, 0.4) is 0 Å². The zero-order valence-corrected chi connectivity index (χ0v) is 18.7. The molecule has 1 fully saturated rings. The van der Waals surface area contributed by atoms with E-state index in [0.29, 0.717) is 11.1 Å². The Morgan fingerprint density at radius 1 is 0.833 bits per heavy atom. The largest absolute Gasteiger partial charge is 0.508 e. The van der Waals surface area contributed by atoms with Crippen LogP contribution in [0.5, 0.6) is 17.2 Å². The maximum Gasteiger partial charge on any atom is 0.348 e. The fourth-order valence-corrected chi connectivity index (χ4v) is 3.62. The molecule has 0 spiro atoms. The number of phenols is 3. The molecule has 0 bridgehead atoms. The average Bonchev–Trinajstić information content (AvgIpc) is 2.82. The quantitative estimate of drug-likeness (QED) is 0.183. The van der Waals surface area contributed by atoms with E-state index in [2.05, 4.69) is 0 Å². The number of rotatable bonds is 7. The molecule has 2 aromatic rings. The van der Waals surface area contributed by atoms with Crippen LogP contribution in [-0.2, 0) is 23.9 Å². The topological polar surface area (TPSA) is 191 Å². The summed E-state index contributed by atoms with van der Waals surface area (Å²) in [7, 11) is 0. The van der Waals surface area contributed by atoms with Crippen LogP contribution in [0.25, 0.3) is 12.2 Å². The molecule has 1 aliphatic carbocycles. The Bertz CT molecular complexity index is 1180. The van der Waals surface area contributed by atoms with E-state index in [1.807, 2.05) is 0 Å². The lowest BCUT2D eigenvalue weighted by Crippen LogP contribution is -2.58. The second-order valence-corrected chi connectivity index (χ2v) is 8.17. The molecular formula is C25H24O11. The molecule has 0 aliphatic heterocycles. The number of benzene rings is 2. The van der Waals surface area contributed by atoms with Crippen molar-refractivity contribution in [2.45, 2.75) is 36.8 Å². The van der Waals surface area contributed by atoms with Crippen molar-refractivity contribution in [3.8, 4) is 17.2 Å². The molecule has 2 aromatic carbocycles. The number of aliphatic hydroxyl groups is 2. The van der Waals surface area contributed by atoms with E-state index >= 15 is 0 Å². The number of carbonyl (C=O) groups is 3. The molecule has 190 valence electrons. The number of carbonyl (C=O) groups excluding carboxylic acids is 2. The third-order valence-corrected chi connectivity index (χ3v) is 5.51. The van der Waals surface area contributed by atoms with Gasteiger partial charge in [-0.15, -0.1) is 0 Å². The molecule has 0 aromatic heterocycles. The molecule has 11 heteroatoms. The third-order valence-electron chi connectivity index (χ3n) is 5.51. The molecule has 0 heterocycles. The van der Waals surface area contributed by atoms with Crippen LogP contribution in [0, 0.1) is 0 Å². The lowest BCUT2D eigenvalue weighted by molar-refractivity contribution is -0.207. The maximum absolute atomic E-state index is 12.4. The number of ether oxygens (including phenoxy) is 2. The van der Waals surface area contributed by atoms with Crippen molar-refractivity contribution in [2.24, 2.45) is 0 Å². The Kier molecular flexibility index (Phi) is 7.97. The van der Waals surface area contributed by atoms with Gasteiger partial charge in [0.05, 0.1) is 6.10 Å². The van der Waals surface area contributed by atoms with E-state index in [-0.39, 0.29) is 11.5 Å². The molecule has 0 radical (unpaired) electrons. The highest BCUT2D eigenvalue weighted by Crippen LogP contribution is 2.35. The Morgan fingerprint density at radius 3 is 2.08 bits per heavy atom. The van der Waals surface area contributed by atoms with Gasteiger partial charge in [-0.1, -0.05) is 18.2 Å². The molecule has 0 saturated heterocycles. The van der Waals surface area contributed by atoms with E-state index in [1.54, 1.807) is 0 Å². The summed E-state index contributed by atoms with van der Waals surface area (Å²) in [5.74, 6) is -4.40. The number of aliphatic carboxylic acids is 1. The molecule has 6 N–H and O–H groups in total. The fourth-order valence-electron chi connectivity index (χ4n) is 3.62. The van der Waals surface area contributed by atoms with E-state index in [0.717, 1.165) is 12.2 Å². The van der Waals surface area contributed by atoms with Gasteiger partial charge < -0.3 is 40.1 Å². The highest BCUT2D eigenvalue weighted by molar-refractivity contribution is 5.91. The number of esters is 2. The monoisotopic (exact) mass is 500 g/mol. The van der Waals surface area contributed by atoms with E-state index in [1.165, 1.54) is 54.6 Å². The molecule has 3 rings (SSSR count). The second kappa shape index (κ2) is 10.9. The van der Waals surface area contributed by atoms with E-state index in [4.69, 9.17) is 9.47 Å². The molecular weight excluding hydrogens is 476 g/mol. The summed E-state index contributed by atoms with van der Waals surface area (Å²) in [6, 6.07) is 9.58. The van der Waals surface area contributed by atoms with Gasteiger partial charge in [0.25, 0.3) is 0 Å². The number of phenolic OH excluding ortho intramolecular Hbond substituents is 3. The SMILES string of the molecule is O=C(/C=C/c1ccc(O)c(O)c1)O[C@@H]1C[C@](OC(=O)/C=C/c2ccc(O)cc2)(C(=O)O)C[C@@H](O)[C@H]1O. The minimum atomic E-state index is -2.29. The molecule has 1 saturated carbocycles. The predicted octanol–water partition coefficient (Wildman–Crippen LogP) is 1.32.